The molecule has 1 heterocycles. The zero-order valence-corrected chi connectivity index (χ0v) is 14.0. The van der Waals surface area contributed by atoms with E-state index in [4.69, 9.17) is 0 Å². The van der Waals surface area contributed by atoms with E-state index in [0.717, 1.165) is 11.3 Å². The Morgan fingerprint density at radius 1 is 1.40 bits per heavy atom. The van der Waals surface area contributed by atoms with Gasteiger partial charge in [-0.25, -0.2) is 4.98 Å². The van der Waals surface area contributed by atoms with Crippen LogP contribution in [0.25, 0.3) is 0 Å². The van der Waals surface area contributed by atoms with E-state index >= 15 is 0 Å². The normalized spacial score (nSPS) is 16.2. The Bertz CT molecular complexity index is 905. The Labute approximate surface area is 146 Å². The number of nitrogens with zero attached hydrogens (tertiary/aromatic N) is 2. The molecule has 25 heavy (non-hydrogen) atoms. The molecule has 1 amide bonds. The summed E-state index contributed by atoms with van der Waals surface area (Å²) in [7, 11) is 0. The van der Waals surface area contributed by atoms with Crippen LogP contribution in [-0.2, 0) is 11.2 Å². The maximum atomic E-state index is 12.7. The lowest BCUT2D eigenvalue weighted by Gasteiger charge is -2.18. The molecule has 1 N–H and O–H groups in total. The van der Waals surface area contributed by atoms with E-state index in [1.165, 1.54) is 31.2 Å². The number of carbonyl (C=O) groups excluding carboxylic acids is 3. The van der Waals surface area contributed by atoms with E-state index in [9.17, 15) is 24.5 Å². The van der Waals surface area contributed by atoms with Gasteiger partial charge in [0.05, 0.1) is 21.4 Å². The van der Waals surface area contributed by atoms with Crippen molar-refractivity contribution in [3.63, 3.8) is 0 Å². The molecule has 0 saturated heterocycles. The van der Waals surface area contributed by atoms with E-state index in [-0.39, 0.29) is 29.4 Å². The first-order chi connectivity index (χ1) is 11.9. The van der Waals surface area contributed by atoms with Gasteiger partial charge in [-0.3, -0.25) is 24.5 Å². The molecule has 2 aromatic rings. The minimum Gasteiger partial charge on any atom is -0.302 e. The average Bonchev–Trinajstić information content (AvgIpc) is 2.97. The standard InChI is InChI=1S/C16H13N3O5S/c1-8(20)17-16-18-12-6-5-11(14(22)15(12)25-16)13(21)9-3-2-4-10(7-9)19(23)24/h2-4,7,11H,5-6H2,1H3,(H,17,18,20). The highest BCUT2D eigenvalue weighted by Gasteiger charge is 2.36. The van der Waals surface area contributed by atoms with Gasteiger partial charge in [0, 0.05) is 24.6 Å². The Morgan fingerprint density at radius 2 is 2.16 bits per heavy atom. The molecule has 9 heteroatoms. The first kappa shape index (κ1) is 16.9. The first-order valence-corrected chi connectivity index (χ1v) is 8.28. The van der Waals surface area contributed by atoms with Crippen molar-refractivity contribution in [2.75, 3.05) is 5.32 Å². The number of thiazole rings is 1. The van der Waals surface area contributed by atoms with Crippen molar-refractivity contribution in [2.24, 2.45) is 5.92 Å². The molecule has 0 saturated carbocycles. The molecule has 1 aromatic heterocycles. The number of carbonyl (C=O) groups is 3. The highest BCUT2D eigenvalue weighted by molar-refractivity contribution is 7.17. The molecule has 1 unspecified atom stereocenters. The second-order valence-corrected chi connectivity index (χ2v) is 6.60. The topological polar surface area (TPSA) is 119 Å². The summed E-state index contributed by atoms with van der Waals surface area (Å²) in [4.78, 5) is 51.3. The number of hydrogen-bond donors (Lipinski definition) is 1. The summed E-state index contributed by atoms with van der Waals surface area (Å²) in [6.45, 7) is 1.34. The molecule has 8 nitrogen and oxygen atoms in total. The molecule has 0 fully saturated rings. The second-order valence-electron chi connectivity index (χ2n) is 5.60. The number of non-ortho nitro benzene ring substituents is 1. The number of nitro groups is 1. The maximum absolute atomic E-state index is 12.7. The van der Waals surface area contributed by atoms with Gasteiger partial charge in [-0.05, 0) is 12.8 Å². The van der Waals surface area contributed by atoms with Crippen LogP contribution in [0.1, 0.15) is 39.1 Å². The number of hydrogen-bond acceptors (Lipinski definition) is 7. The third-order valence-corrected chi connectivity index (χ3v) is 4.88. The molecule has 128 valence electrons. The van der Waals surface area contributed by atoms with E-state index in [1.807, 2.05) is 0 Å². The van der Waals surface area contributed by atoms with Crippen LogP contribution in [0.5, 0.6) is 0 Å². The number of aromatic nitrogens is 1. The summed E-state index contributed by atoms with van der Waals surface area (Å²) < 4.78 is 0. The Hall–Kier alpha value is -2.94. The number of ketones is 2. The number of rotatable bonds is 4. The highest BCUT2D eigenvalue weighted by atomic mass is 32.1. The van der Waals surface area contributed by atoms with Gasteiger partial charge in [0.15, 0.2) is 16.7 Å². The van der Waals surface area contributed by atoms with Crippen molar-refractivity contribution < 1.29 is 19.3 Å². The fraction of sp³-hybridized carbons (Fsp3) is 0.250. The SMILES string of the molecule is CC(=O)Nc1nc2c(s1)C(=O)C(C(=O)c1cccc([N+](=O)[O-])c1)CC2. The molecular formula is C16H13N3O5S. The van der Waals surface area contributed by atoms with E-state index < -0.39 is 16.6 Å². The smallest absolute Gasteiger partial charge is 0.270 e. The monoisotopic (exact) mass is 359 g/mol. The minimum absolute atomic E-state index is 0.141. The summed E-state index contributed by atoms with van der Waals surface area (Å²) in [6.07, 6.45) is 0.721. The molecule has 0 bridgehead atoms. The lowest BCUT2D eigenvalue weighted by Crippen LogP contribution is -2.28. The van der Waals surface area contributed by atoms with Gasteiger partial charge in [-0.15, -0.1) is 0 Å². The number of nitrogens with one attached hydrogen (secondary N) is 1. The molecule has 1 atom stereocenters. The van der Waals surface area contributed by atoms with Crippen molar-refractivity contribution in [2.45, 2.75) is 19.8 Å². The van der Waals surface area contributed by atoms with Crippen molar-refractivity contribution in [1.82, 2.24) is 4.98 Å². The molecule has 1 aliphatic rings. The number of aryl methyl sites for hydroxylation is 1. The number of fused-ring (bicyclic) bond motifs is 1. The maximum Gasteiger partial charge on any atom is 0.270 e. The Kier molecular flexibility index (Phi) is 4.41. The summed E-state index contributed by atoms with van der Waals surface area (Å²) in [6, 6.07) is 5.36. The van der Waals surface area contributed by atoms with Crippen LogP contribution >= 0.6 is 11.3 Å². The fourth-order valence-corrected chi connectivity index (χ4v) is 3.76. The number of amides is 1. The molecule has 1 aliphatic carbocycles. The number of nitro benzene ring substituents is 1. The first-order valence-electron chi connectivity index (χ1n) is 7.47. The van der Waals surface area contributed by atoms with Gasteiger partial charge in [0.2, 0.25) is 5.91 Å². The summed E-state index contributed by atoms with van der Waals surface area (Å²) in [5.74, 6) is -1.97. The molecule has 0 aliphatic heterocycles. The zero-order valence-electron chi connectivity index (χ0n) is 13.1. The Morgan fingerprint density at radius 3 is 2.84 bits per heavy atom. The molecule has 1 aromatic carbocycles. The van der Waals surface area contributed by atoms with E-state index in [0.29, 0.717) is 22.1 Å². The van der Waals surface area contributed by atoms with Crippen molar-refractivity contribution in [1.29, 1.82) is 0 Å². The van der Waals surface area contributed by atoms with Gasteiger partial charge in [0.25, 0.3) is 5.69 Å². The number of anilines is 1. The minimum atomic E-state index is -0.889. The van der Waals surface area contributed by atoms with Crippen LogP contribution in [0, 0.1) is 16.0 Å². The Balaban J connectivity index is 1.87. The van der Waals surface area contributed by atoms with Crippen molar-refractivity contribution in [3.8, 4) is 0 Å². The van der Waals surface area contributed by atoms with Crippen LogP contribution in [0.15, 0.2) is 24.3 Å². The lowest BCUT2D eigenvalue weighted by atomic mass is 9.84. The van der Waals surface area contributed by atoms with Crippen molar-refractivity contribution in [3.05, 3.63) is 50.5 Å². The van der Waals surface area contributed by atoms with Crippen LogP contribution in [-0.4, -0.2) is 27.4 Å². The summed E-state index contributed by atoms with van der Waals surface area (Å²) in [5.41, 5.74) is 0.518. The lowest BCUT2D eigenvalue weighted by molar-refractivity contribution is -0.384. The van der Waals surface area contributed by atoms with Gasteiger partial charge >= 0.3 is 0 Å². The fourth-order valence-electron chi connectivity index (χ4n) is 2.71. The predicted molar refractivity (Wildman–Crippen MR) is 90.0 cm³/mol. The molecular weight excluding hydrogens is 346 g/mol. The van der Waals surface area contributed by atoms with Gasteiger partial charge in [0.1, 0.15) is 0 Å². The molecule has 3 rings (SSSR count). The second kappa shape index (κ2) is 6.52. The van der Waals surface area contributed by atoms with Crippen LogP contribution in [0.4, 0.5) is 10.8 Å². The number of benzene rings is 1. The average molecular weight is 359 g/mol. The number of Topliss-reactive ketones (excluding diaryl/α,β-unsaturated/α-hetero) is 2. The van der Waals surface area contributed by atoms with Gasteiger partial charge in [-0.2, -0.15) is 0 Å². The van der Waals surface area contributed by atoms with Gasteiger partial charge < -0.3 is 5.32 Å². The van der Waals surface area contributed by atoms with E-state index in [1.54, 1.807) is 0 Å². The zero-order chi connectivity index (χ0) is 18.1. The molecule has 0 radical (unpaired) electrons. The largest absolute Gasteiger partial charge is 0.302 e. The third kappa shape index (κ3) is 3.31. The summed E-state index contributed by atoms with van der Waals surface area (Å²) in [5, 5.41) is 13.7. The van der Waals surface area contributed by atoms with Crippen LogP contribution < -0.4 is 5.32 Å². The van der Waals surface area contributed by atoms with Gasteiger partial charge in [-0.1, -0.05) is 23.5 Å². The van der Waals surface area contributed by atoms with Crippen molar-refractivity contribution >= 4 is 39.6 Å². The molecule has 0 spiro atoms. The van der Waals surface area contributed by atoms with E-state index in [2.05, 4.69) is 10.3 Å². The highest BCUT2D eigenvalue weighted by Crippen LogP contribution is 2.34. The summed E-state index contributed by atoms with van der Waals surface area (Å²) >= 11 is 1.04. The van der Waals surface area contributed by atoms with Crippen LogP contribution in [0.2, 0.25) is 0 Å². The predicted octanol–water partition coefficient (Wildman–Crippen LogP) is 2.64. The third-order valence-electron chi connectivity index (χ3n) is 3.85. The quantitative estimate of drug-likeness (QED) is 0.388. The van der Waals surface area contributed by atoms with Crippen LogP contribution in [0.3, 0.4) is 0 Å².